The number of hydrogen-bond acceptors (Lipinski definition) is 5. The second-order valence-corrected chi connectivity index (χ2v) is 7.45. The molecule has 33 heavy (non-hydrogen) atoms. The molecular weight excluding hydrogens is 459 g/mol. The number of anilines is 1. The summed E-state index contributed by atoms with van der Waals surface area (Å²) < 4.78 is 50.2. The van der Waals surface area contributed by atoms with Gasteiger partial charge in [-0.05, 0) is 54.7 Å². The van der Waals surface area contributed by atoms with E-state index in [1.165, 1.54) is 54.6 Å². The Balaban J connectivity index is 1.48. The van der Waals surface area contributed by atoms with Crippen LogP contribution >= 0.6 is 12.2 Å². The third kappa shape index (κ3) is 3.72. The number of aromatic nitrogens is 2. The first-order chi connectivity index (χ1) is 15.7. The Bertz CT molecular complexity index is 1570. The predicted molar refractivity (Wildman–Crippen MR) is 115 cm³/mol. The van der Waals surface area contributed by atoms with E-state index in [0.29, 0.717) is 0 Å². The maximum Gasteiger partial charge on any atom is 0.586 e. The van der Waals surface area contributed by atoms with Gasteiger partial charge >= 0.3 is 6.29 Å². The average molecular weight is 471 g/mol. The Morgan fingerprint density at radius 2 is 1.79 bits per heavy atom. The topological polar surface area (TPSA) is 85.3 Å². The zero-order chi connectivity index (χ0) is 23.3. The second-order valence-electron chi connectivity index (χ2n) is 7.07. The number of halogens is 3. The van der Waals surface area contributed by atoms with E-state index in [1.54, 1.807) is 6.07 Å². The summed E-state index contributed by atoms with van der Waals surface area (Å²) >= 11 is 5.24. The molecule has 11 heteroatoms. The van der Waals surface area contributed by atoms with Crippen LogP contribution in [0.15, 0.2) is 65.5 Å². The summed E-state index contributed by atoms with van der Waals surface area (Å²) in [4.78, 5) is 28.5. The van der Waals surface area contributed by atoms with Crippen molar-refractivity contribution in [3.05, 3.63) is 87.2 Å². The number of H-pyrrole nitrogens is 1. The predicted octanol–water partition coefficient (Wildman–Crippen LogP) is 4.76. The number of amides is 1. The third-order valence-corrected chi connectivity index (χ3v) is 5.20. The van der Waals surface area contributed by atoms with Gasteiger partial charge in [-0.3, -0.25) is 9.59 Å². The van der Waals surface area contributed by atoms with Gasteiger partial charge in [0.1, 0.15) is 5.82 Å². The van der Waals surface area contributed by atoms with Gasteiger partial charge in [-0.25, -0.2) is 8.96 Å². The number of benzene rings is 3. The van der Waals surface area contributed by atoms with E-state index in [2.05, 4.69) is 19.8 Å². The van der Waals surface area contributed by atoms with Gasteiger partial charge < -0.3 is 19.8 Å². The molecule has 0 spiro atoms. The number of hydrogen-bond donors (Lipinski definition) is 2. The van der Waals surface area contributed by atoms with Gasteiger partial charge in [-0.1, -0.05) is 12.1 Å². The fraction of sp³-hybridized carbons (Fsp3) is 0.0455. The quantitative estimate of drug-likeness (QED) is 0.421. The van der Waals surface area contributed by atoms with Gasteiger partial charge in [0, 0.05) is 17.3 Å². The summed E-state index contributed by atoms with van der Waals surface area (Å²) in [6, 6.07) is 13.8. The van der Waals surface area contributed by atoms with E-state index >= 15 is 0 Å². The van der Waals surface area contributed by atoms with Crippen molar-refractivity contribution in [2.75, 3.05) is 5.32 Å². The van der Waals surface area contributed by atoms with E-state index in [9.17, 15) is 22.8 Å². The normalized spacial score (nSPS) is 13.8. The molecule has 2 N–H and O–H groups in total. The molecule has 3 aromatic carbocycles. The van der Waals surface area contributed by atoms with Crippen LogP contribution in [0.2, 0.25) is 0 Å². The lowest BCUT2D eigenvalue weighted by Gasteiger charge is -2.10. The van der Waals surface area contributed by atoms with Crippen molar-refractivity contribution >= 4 is 34.7 Å². The number of carbonyl (C=O) groups is 1. The molecule has 7 nitrogen and oxygen atoms in total. The molecule has 0 atom stereocenters. The number of nitrogens with one attached hydrogen (secondary N) is 2. The highest BCUT2D eigenvalue weighted by Crippen LogP contribution is 2.42. The van der Waals surface area contributed by atoms with Crippen molar-refractivity contribution < 1.29 is 27.4 Å². The molecule has 1 aromatic heterocycles. The molecule has 0 bridgehead atoms. The Kier molecular flexibility index (Phi) is 4.71. The van der Waals surface area contributed by atoms with Crippen molar-refractivity contribution in [3.8, 4) is 17.2 Å². The number of nitrogens with zero attached hydrogens (tertiary/aromatic N) is 1. The summed E-state index contributed by atoms with van der Waals surface area (Å²) in [6.07, 6.45) is -3.77. The van der Waals surface area contributed by atoms with E-state index in [-0.39, 0.29) is 44.1 Å². The Morgan fingerprint density at radius 1 is 1.03 bits per heavy atom. The molecule has 2 heterocycles. The summed E-state index contributed by atoms with van der Waals surface area (Å²) in [5.74, 6) is -1.55. The second kappa shape index (κ2) is 7.48. The fourth-order valence-corrected chi connectivity index (χ4v) is 3.73. The molecule has 0 saturated heterocycles. The summed E-state index contributed by atoms with van der Waals surface area (Å²) in [5, 5.41) is 2.75. The van der Waals surface area contributed by atoms with Gasteiger partial charge in [-0.15, -0.1) is 8.78 Å². The van der Waals surface area contributed by atoms with Gasteiger partial charge in [0.15, 0.2) is 16.3 Å². The Hall–Kier alpha value is -4.12. The molecule has 0 aliphatic carbocycles. The zero-order valence-electron chi connectivity index (χ0n) is 16.4. The van der Waals surface area contributed by atoms with Crippen LogP contribution in [-0.4, -0.2) is 21.8 Å². The van der Waals surface area contributed by atoms with Gasteiger partial charge in [0.25, 0.3) is 11.5 Å². The van der Waals surface area contributed by atoms with Crippen molar-refractivity contribution in [2.45, 2.75) is 6.29 Å². The van der Waals surface area contributed by atoms with Crippen LogP contribution in [0.3, 0.4) is 0 Å². The van der Waals surface area contributed by atoms with E-state index in [4.69, 9.17) is 12.2 Å². The minimum atomic E-state index is -3.77. The van der Waals surface area contributed by atoms with Crippen LogP contribution in [-0.2, 0) is 0 Å². The van der Waals surface area contributed by atoms with Gasteiger partial charge in [0.2, 0.25) is 0 Å². The van der Waals surface area contributed by atoms with E-state index in [0.717, 1.165) is 4.57 Å². The molecule has 1 amide bonds. The Morgan fingerprint density at radius 3 is 2.58 bits per heavy atom. The molecule has 0 radical (unpaired) electrons. The van der Waals surface area contributed by atoms with Crippen molar-refractivity contribution in [1.82, 2.24) is 9.55 Å². The number of rotatable bonds is 3. The molecule has 0 fully saturated rings. The number of aromatic amines is 1. The lowest BCUT2D eigenvalue weighted by molar-refractivity contribution is -0.286. The molecule has 0 unspecified atom stereocenters. The van der Waals surface area contributed by atoms with Crippen molar-refractivity contribution in [3.63, 3.8) is 0 Å². The summed E-state index contributed by atoms with van der Waals surface area (Å²) in [5.41, 5.74) is 0.0844. The van der Waals surface area contributed by atoms with Gasteiger partial charge in [-0.2, -0.15) is 0 Å². The van der Waals surface area contributed by atoms with Crippen LogP contribution in [0.4, 0.5) is 18.9 Å². The molecule has 1 aliphatic rings. The highest BCUT2D eigenvalue weighted by molar-refractivity contribution is 7.71. The maximum absolute atomic E-state index is 14.2. The molecule has 4 aromatic rings. The smallest absolute Gasteiger partial charge is 0.395 e. The van der Waals surface area contributed by atoms with Gasteiger partial charge in [0.05, 0.1) is 16.6 Å². The average Bonchev–Trinajstić information content (AvgIpc) is 3.07. The van der Waals surface area contributed by atoms with Crippen LogP contribution in [0.25, 0.3) is 16.6 Å². The first-order valence-corrected chi connectivity index (χ1v) is 9.88. The lowest BCUT2D eigenvalue weighted by Crippen LogP contribution is -2.25. The highest BCUT2D eigenvalue weighted by Gasteiger charge is 2.43. The molecule has 1 aliphatic heterocycles. The van der Waals surface area contributed by atoms with Crippen molar-refractivity contribution in [1.29, 1.82) is 0 Å². The first kappa shape index (κ1) is 20.8. The molecule has 0 saturated carbocycles. The molecular formula is C22H12F3N3O4S. The number of carbonyl (C=O) groups excluding carboxylic acids is 1. The molecule has 5 rings (SSSR count). The maximum atomic E-state index is 14.2. The van der Waals surface area contributed by atoms with Crippen LogP contribution in [0.5, 0.6) is 11.5 Å². The standard InChI is InChI=1S/C22H12F3N3O4S/c23-14-3-1-2-4-16(14)28-20(30)13-7-5-11(9-15(13)27-21(28)33)19(29)26-12-6-8-17-18(10-12)32-22(24,25)31-17/h1-10H,(H,26,29)(H,27,33). The van der Waals surface area contributed by atoms with Crippen molar-refractivity contribution in [2.24, 2.45) is 0 Å². The van der Waals surface area contributed by atoms with E-state index < -0.39 is 23.6 Å². The number of alkyl halides is 2. The lowest BCUT2D eigenvalue weighted by atomic mass is 10.1. The van der Waals surface area contributed by atoms with Crippen LogP contribution < -0.4 is 20.3 Å². The summed E-state index contributed by atoms with van der Waals surface area (Å²) in [7, 11) is 0. The fourth-order valence-electron chi connectivity index (χ4n) is 3.44. The Labute approximate surface area is 188 Å². The zero-order valence-corrected chi connectivity index (χ0v) is 17.2. The minimum Gasteiger partial charge on any atom is -0.395 e. The van der Waals surface area contributed by atoms with Crippen LogP contribution in [0.1, 0.15) is 10.4 Å². The first-order valence-electron chi connectivity index (χ1n) is 9.47. The monoisotopic (exact) mass is 471 g/mol. The number of fused-ring (bicyclic) bond motifs is 2. The largest absolute Gasteiger partial charge is 0.586 e. The SMILES string of the molecule is O=C(Nc1ccc2c(c1)OC(F)(F)O2)c1ccc2c(=O)n(-c3ccccc3F)c(=S)[nH]c2c1. The molecule has 166 valence electrons. The van der Waals surface area contributed by atoms with E-state index in [1.807, 2.05) is 0 Å². The number of para-hydroxylation sites is 1. The summed E-state index contributed by atoms with van der Waals surface area (Å²) in [6.45, 7) is 0. The minimum absolute atomic E-state index is 0.000792. The highest BCUT2D eigenvalue weighted by atomic mass is 32.1. The number of ether oxygens (including phenoxy) is 2. The van der Waals surface area contributed by atoms with Crippen LogP contribution in [0, 0.1) is 10.6 Å². The third-order valence-electron chi connectivity index (χ3n) is 4.91.